The van der Waals surface area contributed by atoms with Crippen LogP contribution in [-0.4, -0.2) is 24.9 Å². The molecule has 2 rings (SSSR count). The molecule has 1 N–H and O–H groups in total. The summed E-state index contributed by atoms with van der Waals surface area (Å²) in [6.07, 6.45) is 0.258. The molecule has 0 aromatic heterocycles. The molecular formula is C19H18ClN3O2. The summed E-state index contributed by atoms with van der Waals surface area (Å²) in [5.74, 6) is -0.248. The third-order valence-electron chi connectivity index (χ3n) is 3.62. The van der Waals surface area contributed by atoms with E-state index in [4.69, 9.17) is 16.9 Å². The van der Waals surface area contributed by atoms with Crippen LogP contribution in [0.5, 0.6) is 0 Å². The molecule has 2 aromatic rings. The van der Waals surface area contributed by atoms with Crippen molar-refractivity contribution < 1.29 is 9.59 Å². The number of halogens is 1. The lowest BCUT2D eigenvalue weighted by atomic mass is 10.1. The lowest BCUT2D eigenvalue weighted by Gasteiger charge is -2.21. The molecule has 0 saturated carbocycles. The van der Waals surface area contributed by atoms with Gasteiger partial charge in [-0.3, -0.25) is 9.59 Å². The largest absolute Gasteiger partial charge is 0.354 e. The van der Waals surface area contributed by atoms with Crippen LogP contribution in [0, 0.1) is 11.3 Å². The van der Waals surface area contributed by atoms with Gasteiger partial charge in [0.05, 0.1) is 18.1 Å². The molecule has 0 saturated heterocycles. The summed E-state index contributed by atoms with van der Waals surface area (Å²) >= 11 is 5.82. The monoisotopic (exact) mass is 355 g/mol. The molecule has 0 bridgehead atoms. The smallest absolute Gasteiger partial charge is 0.224 e. The van der Waals surface area contributed by atoms with Gasteiger partial charge in [-0.25, -0.2) is 0 Å². The van der Waals surface area contributed by atoms with E-state index in [0.29, 0.717) is 29.4 Å². The van der Waals surface area contributed by atoms with Crippen LogP contribution < -0.4 is 10.2 Å². The Morgan fingerprint density at radius 2 is 1.76 bits per heavy atom. The minimum absolute atomic E-state index is 0.120. The Hall–Kier alpha value is -2.84. The van der Waals surface area contributed by atoms with Crippen LogP contribution >= 0.6 is 11.6 Å². The lowest BCUT2D eigenvalue weighted by Crippen LogP contribution is -2.38. The highest BCUT2D eigenvalue weighted by Crippen LogP contribution is 2.15. The summed E-state index contributed by atoms with van der Waals surface area (Å²) in [6.45, 7) is 2.16. The van der Waals surface area contributed by atoms with Gasteiger partial charge in [0.15, 0.2) is 0 Å². The molecule has 6 heteroatoms. The number of nitrogens with zero attached hydrogens (tertiary/aromatic N) is 2. The van der Waals surface area contributed by atoms with E-state index in [-0.39, 0.29) is 18.2 Å². The number of benzene rings is 2. The van der Waals surface area contributed by atoms with E-state index < -0.39 is 0 Å². The molecule has 0 unspecified atom stereocenters. The molecule has 0 atom stereocenters. The van der Waals surface area contributed by atoms with Gasteiger partial charge in [0.1, 0.15) is 0 Å². The van der Waals surface area contributed by atoms with E-state index in [0.717, 1.165) is 5.56 Å². The predicted molar refractivity (Wildman–Crippen MR) is 97.3 cm³/mol. The number of amides is 2. The van der Waals surface area contributed by atoms with Gasteiger partial charge in [0, 0.05) is 30.7 Å². The quantitative estimate of drug-likeness (QED) is 0.865. The van der Waals surface area contributed by atoms with E-state index in [1.165, 1.54) is 6.92 Å². The summed E-state index contributed by atoms with van der Waals surface area (Å²) < 4.78 is 0. The molecule has 25 heavy (non-hydrogen) atoms. The average Bonchev–Trinajstić information content (AvgIpc) is 2.60. The predicted octanol–water partition coefficient (Wildman–Crippen LogP) is 2.92. The summed E-state index contributed by atoms with van der Waals surface area (Å²) in [4.78, 5) is 25.4. The minimum Gasteiger partial charge on any atom is -0.354 e. The normalized spacial score (nSPS) is 9.96. The SMILES string of the molecule is CC(=O)N(CCNC(=O)Cc1ccc(Cl)cc1)c1ccc(C#N)cc1. The second-order valence-corrected chi connectivity index (χ2v) is 5.92. The number of carbonyl (C=O) groups is 2. The third kappa shape index (κ3) is 5.63. The van der Waals surface area contributed by atoms with Gasteiger partial charge >= 0.3 is 0 Å². The molecule has 2 amide bonds. The highest BCUT2D eigenvalue weighted by atomic mass is 35.5. The number of rotatable bonds is 6. The summed E-state index contributed by atoms with van der Waals surface area (Å²) in [6, 6.07) is 15.9. The van der Waals surface area contributed by atoms with Crippen LogP contribution in [-0.2, 0) is 16.0 Å². The Morgan fingerprint density at radius 1 is 1.12 bits per heavy atom. The highest BCUT2D eigenvalue weighted by Gasteiger charge is 2.12. The van der Waals surface area contributed by atoms with Crippen LogP contribution in [0.1, 0.15) is 18.1 Å². The van der Waals surface area contributed by atoms with Crippen molar-refractivity contribution in [3.8, 4) is 6.07 Å². The first-order valence-corrected chi connectivity index (χ1v) is 8.17. The zero-order chi connectivity index (χ0) is 18.2. The third-order valence-corrected chi connectivity index (χ3v) is 3.88. The zero-order valence-corrected chi connectivity index (χ0v) is 14.6. The molecule has 0 fully saturated rings. The first-order chi connectivity index (χ1) is 12.0. The number of hydrogen-bond donors (Lipinski definition) is 1. The summed E-state index contributed by atoms with van der Waals surface area (Å²) in [7, 11) is 0. The van der Waals surface area contributed by atoms with E-state index in [1.54, 1.807) is 53.4 Å². The molecular weight excluding hydrogens is 338 g/mol. The van der Waals surface area contributed by atoms with Crippen LogP contribution in [0.2, 0.25) is 5.02 Å². The fraction of sp³-hybridized carbons (Fsp3) is 0.211. The van der Waals surface area contributed by atoms with Gasteiger partial charge in [0.2, 0.25) is 11.8 Å². The summed E-state index contributed by atoms with van der Waals surface area (Å²) in [5.41, 5.74) is 2.10. The molecule has 0 aliphatic heterocycles. The first-order valence-electron chi connectivity index (χ1n) is 7.79. The topological polar surface area (TPSA) is 73.2 Å². The number of nitriles is 1. The van der Waals surface area contributed by atoms with Gasteiger partial charge in [-0.1, -0.05) is 23.7 Å². The maximum absolute atomic E-state index is 12.0. The van der Waals surface area contributed by atoms with Crippen LogP contribution in [0.3, 0.4) is 0 Å². The Bertz CT molecular complexity index is 780. The Morgan fingerprint density at radius 3 is 2.32 bits per heavy atom. The van der Waals surface area contributed by atoms with Crippen molar-refractivity contribution in [3.05, 3.63) is 64.7 Å². The van der Waals surface area contributed by atoms with Crippen molar-refractivity contribution in [1.29, 1.82) is 5.26 Å². The van der Waals surface area contributed by atoms with Crippen molar-refractivity contribution in [2.24, 2.45) is 0 Å². The van der Waals surface area contributed by atoms with Crippen molar-refractivity contribution in [2.45, 2.75) is 13.3 Å². The van der Waals surface area contributed by atoms with Crippen molar-refractivity contribution in [3.63, 3.8) is 0 Å². The second-order valence-electron chi connectivity index (χ2n) is 5.48. The summed E-state index contributed by atoms with van der Waals surface area (Å²) in [5, 5.41) is 12.3. The van der Waals surface area contributed by atoms with E-state index in [2.05, 4.69) is 5.32 Å². The molecule has 0 spiro atoms. The Balaban J connectivity index is 1.88. The maximum atomic E-state index is 12.0. The number of carbonyl (C=O) groups excluding carboxylic acids is 2. The van der Waals surface area contributed by atoms with Gasteiger partial charge in [-0.15, -0.1) is 0 Å². The fourth-order valence-corrected chi connectivity index (χ4v) is 2.47. The fourth-order valence-electron chi connectivity index (χ4n) is 2.34. The first kappa shape index (κ1) is 18.5. The molecule has 0 aliphatic rings. The van der Waals surface area contributed by atoms with Gasteiger partial charge in [-0.05, 0) is 42.0 Å². The van der Waals surface area contributed by atoms with E-state index in [9.17, 15) is 9.59 Å². The van der Waals surface area contributed by atoms with Crippen molar-refractivity contribution >= 4 is 29.1 Å². The van der Waals surface area contributed by atoms with Crippen molar-refractivity contribution in [1.82, 2.24) is 5.32 Å². The van der Waals surface area contributed by atoms with Gasteiger partial charge < -0.3 is 10.2 Å². The number of anilines is 1. The Labute approximate surface area is 151 Å². The van der Waals surface area contributed by atoms with E-state index >= 15 is 0 Å². The maximum Gasteiger partial charge on any atom is 0.224 e. The highest BCUT2D eigenvalue weighted by molar-refractivity contribution is 6.30. The van der Waals surface area contributed by atoms with E-state index in [1.807, 2.05) is 6.07 Å². The van der Waals surface area contributed by atoms with Gasteiger partial charge in [-0.2, -0.15) is 5.26 Å². The van der Waals surface area contributed by atoms with Crippen LogP contribution in [0.4, 0.5) is 5.69 Å². The van der Waals surface area contributed by atoms with Crippen LogP contribution in [0.15, 0.2) is 48.5 Å². The molecule has 2 aromatic carbocycles. The number of nitrogens with one attached hydrogen (secondary N) is 1. The molecule has 0 heterocycles. The molecule has 0 radical (unpaired) electrons. The van der Waals surface area contributed by atoms with Gasteiger partial charge in [0.25, 0.3) is 0 Å². The van der Waals surface area contributed by atoms with Crippen molar-refractivity contribution in [2.75, 3.05) is 18.0 Å². The molecule has 5 nitrogen and oxygen atoms in total. The lowest BCUT2D eigenvalue weighted by molar-refractivity contribution is -0.121. The molecule has 0 aliphatic carbocycles. The zero-order valence-electron chi connectivity index (χ0n) is 13.8. The minimum atomic E-state index is -0.128. The molecule has 128 valence electrons. The average molecular weight is 356 g/mol. The second kappa shape index (κ2) is 8.86. The van der Waals surface area contributed by atoms with Crippen LogP contribution in [0.25, 0.3) is 0 Å². The Kier molecular flexibility index (Phi) is 6.55. The number of hydrogen-bond acceptors (Lipinski definition) is 3. The standard InChI is InChI=1S/C19H18ClN3O2/c1-14(24)23(18-8-4-16(13-21)5-9-18)11-10-22-19(25)12-15-2-6-17(20)7-3-15/h2-9H,10-12H2,1H3,(H,22,25).